The summed E-state index contributed by atoms with van der Waals surface area (Å²) in [6.45, 7) is 6.15. The Morgan fingerprint density at radius 3 is 2.44 bits per heavy atom. The number of nitrogens with one attached hydrogen (secondary N) is 1. The Labute approximate surface area is 161 Å². The zero-order chi connectivity index (χ0) is 20.0. The molecule has 0 radical (unpaired) electrons. The smallest absolute Gasteiger partial charge is 0.326 e. The van der Waals surface area contributed by atoms with Crippen molar-refractivity contribution in [3.8, 4) is 0 Å². The lowest BCUT2D eigenvalue weighted by Crippen LogP contribution is -2.46. The summed E-state index contributed by atoms with van der Waals surface area (Å²) >= 11 is 0. The van der Waals surface area contributed by atoms with Crippen molar-refractivity contribution in [2.75, 3.05) is 0 Å². The van der Waals surface area contributed by atoms with Crippen LogP contribution < -0.4 is 10.9 Å². The van der Waals surface area contributed by atoms with Crippen molar-refractivity contribution in [2.24, 2.45) is 5.92 Å². The van der Waals surface area contributed by atoms with Crippen LogP contribution >= 0.6 is 0 Å². The fourth-order valence-electron chi connectivity index (χ4n) is 3.68. The van der Waals surface area contributed by atoms with Crippen LogP contribution in [-0.2, 0) is 24.2 Å². The Morgan fingerprint density at radius 1 is 1.19 bits per heavy atom. The van der Waals surface area contributed by atoms with Gasteiger partial charge in [-0.15, -0.1) is 0 Å². The number of carbonyl (C=O) groups is 2. The summed E-state index contributed by atoms with van der Waals surface area (Å²) in [6.07, 6.45) is 7.98. The molecule has 0 aliphatic heterocycles. The van der Waals surface area contributed by atoms with E-state index in [9.17, 15) is 19.5 Å². The van der Waals surface area contributed by atoms with Gasteiger partial charge in [-0.2, -0.15) is 0 Å². The minimum absolute atomic E-state index is 0.0670. The minimum Gasteiger partial charge on any atom is -0.480 e. The normalized spacial score (nSPS) is 15.6. The monoisotopic (exact) mass is 376 g/mol. The molecule has 6 heteroatoms. The molecule has 0 saturated heterocycles. The van der Waals surface area contributed by atoms with Crippen LogP contribution in [0.4, 0.5) is 0 Å². The maximum absolute atomic E-state index is 13.1. The first-order chi connectivity index (χ1) is 12.9. The number of aryl methyl sites for hydroxylation is 1. The number of fused-ring (bicyclic) bond motifs is 1. The highest BCUT2D eigenvalue weighted by Crippen LogP contribution is 2.21. The Balaban J connectivity index is 2.46. The molecule has 0 spiro atoms. The molecule has 27 heavy (non-hydrogen) atoms. The van der Waals surface area contributed by atoms with Crippen LogP contribution in [0.1, 0.15) is 80.9 Å². The summed E-state index contributed by atoms with van der Waals surface area (Å²) < 4.78 is 1.77. The second-order valence-corrected chi connectivity index (χ2v) is 7.79. The van der Waals surface area contributed by atoms with Crippen LogP contribution in [0, 0.1) is 5.92 Å². The number of nitrogens with zero attached hydrogens (tertiary/aromatic N) is 1. The summed E-state index contributed by atoms with van der Waals surface area (Å²) in [4.78, 5) is 37.2. The van der Waals surface area contributed by atoms with Gasteiger partial charge in [0.25, 0.3) is 11.5 Å². The van der Waals surface area contributed by atoms with Gasteiger partial charge in [-0.3, -0.25) is 9.59 Å². The Hall–Kier alpha value is -2.11. The van der Waals surface area contributed by atoms with Gasteiger partial charge < -0.3 is 15.0 Å². The molecule has 0 saturated carbocycles. The first-order valence-electron chi connectivity index (χ1n) is 10.2. The van der Waals surface area contributed by atoms with Crippen LogP contribution in [0.2, 0.25) is 0 Å². The van der Waals surface area contributed by atoms with Crippen molar-refractivity contribution in [3.05, 3.63) is 33.2 Å². The number of carboxylic acids is 1. The van der Waals surface area contributed by atoms with Crippen LogP contribution in [0.25, 0.3) is 0 Å². The van der Waals surface area contributed by atoms with E-state index in [1.807, 2.05) is 0 Å². The van der Waals surface area contributed by atoms with E-state index in [1.54, 1.807) is 24.5 Å². The highest BCUT2D eigenvalue weighted by molar-refractivity contribution is 5.96. The van der Waals surface area contributed by atoms with Gasteiger partial charge in [-0.1, -0.05) is 40.0 Å². The van der Waals surface area contributed by atoms with Gasteiger partial charge in [-0.25, -0.2) is 4.79 Å². The minimum atomic E-state index is -1.09. The first kappa shape index (κ1) is 21.2. The van der Waals surface area contributed by atoms with E-state index in [-0.39, 0.29) is 17.0 Å². The molecule has 1 atom stereocenters. The van der Waals surface area contributed by atoms with Crippen molar-refractivity contribution in [1.82, 2.24) is 9.88 Å². The third-order valence-electron chi connectivity index (χ3n) is 5.30. The largest absolute Gasteiger partial charge is 0.480 e. The molecule has 1 aromatic heterocycles. The summed E-state index contributed by atoms with van der Waals surface area (Å²) in [5.41, 5.74) is 1.89. The number of carboxylic acid groups (broad SMARTS) is 1. The molecule has 1 heterocycles. The van der Waals surface area contributed by atoms with E-state index >= 15 is 0 Å². The number of pyridine rings is 1. The molecular formula is C21H32N2O4. The third kappa shape index (κ3) is 5.21. The maximum Gasteiger partial charge on any atom is 0.326 e. The van der Waals surface area contributed by atoms with Crippen molar-refractivity contribution in [1.29, 1.82) is 0 Å². The van der Waals surface area contributed by atoms with E-state index < -0.39 is 17.9 Å². The zero-order valence-corrected chi connectivity index (χ0v) is 16.7. The molecule has 1 aromatic rings. The molecule has 1 unspecified atom stereocenters. The lowest BCUT2D eigenvalue weighted by Gasteiger charge is -2.22. The SMILES string of the molecule is CCCCn1c2c(cc(C(=O)NC(C(=O)O)C(C)C)c1=O)CCCCCC2. The van der Waals surface area contributed by atoms with Crippen molar-refractivity contribution in [3.63, 3.8) is 0 Å². The highest BCUT2D eigenvalue weighted by Gasteiger charge is 2.26. The quantitative estimate of drug-likeness (QED) is 0.765. The van der Waals surface area contributed by atoms with Crippen molar-refractivity contribution < 1.29 is 14.7 Å². The topological polar surface area (TPSA) is 88.4 Å². The highest BCUT2D eigenvalue weighted by atomic mass is 16.4. The van der Waals surface area contributed by atoms with E-state index in [0.29, 0.717) is 6.54 Å². The predicted molar refractivity (Wildman–Crippen MR) is 105 cm³/mol. The molecule has 1 amide bonds. The summed E-state index contributed by atoms with van der Waals surface area (Å²) in [6, 6.07) is 0.697. The van der Waals surface area contributed by atoms with Crippen LogP contribution in [-0.4, -0.2) is 27.6 Å². The number of unbranched alkanes of at least 4 members (excludes halogenated alkanes) is 1. The van der Waals surface area contributed by atoms with Crippen molar-refractivity contribution in [2.45, 2.75) is 84.7 Å². The van der Waals surface area contributed by atoms with Gasteiger partial charge in [0.05, 0.1) is 0 Å². The molecule has 2 N–H and O–H groups in total. The summed E-state index contributed by atoms with van der Waals surface area (Å²) in [5.74, 6) is -1.94. The van der Waals surface area contributed by atoms with Gasteiger partial charge in [0.1, 0.15) is 11.6 Å². The molecule has 2 rings (SSSR count). The Morgan fingerprint density at radius 2 is 1.85 bits per heavy atom. The molecule has 0 aromatic carbocycles. The molecule has 1 aliphatic rings. The van der Waals surface area contributed by atoms with E-state index in [2.05, 4.69) is 12.2 Å². The zero-order valence-electron chi connectivity index (χ0n) is 16.7. The maximum atomic E-state index is 13.1. The summed E-state index contributed by atoms with van der Waals surface area (Å²) in [7, 11) is 0. The van der Waals surface area contributed by atoms with Crippen LogP contribution in [0.3, 0.4) is 0 Å². The lowest BCUT2D eigenvalue weighted by atomic mass is 9.95. The second-order valence-electron chi connectivity index (χ2n) is 7.79. The molecule has 6 nitrogen and oxygen atoms in total. The number of hydrogen-bond donors (Lipinski definition) is 2. The molecular weight excluding hydrogens is 344 g/mol. The van der Waals surface area contributed by atoms with Crippen LogP contribution in [0.15, 0.2) is 10.9 Å². The third-order valence-corrected chi connectivity index (χ3v) is 5.30. The number of rotatable bonds is 7. The lowest BCUT2D eigenvalue weighted by molar-refractivity contribution is -0.140. The van der Waals surface area contributed by atoms with Gasteiger partial charge in [0.2, 0.25) is 0 Å². The molecule has 1 aliphatic carbocycles. The Bertz CT molecular complexity index is 736. The number of hydrogen-bond acceptors (Lipinski definition) is 3. The molecule has 0 bridgehead atoms. The summed E-state index contributed by atoms with van der Waals surface area (Å²) in [5, 5.41) is 11.9. The fourth-order valence-corrected chi connectivity index (χ4v) is 3.68. The van der Waals surface area contributed by atoms with Gasteiger partial charge >= 0.3 is 5.97 Å². The first-order valence-corrected chi connectivity index (χ1v) is 10.2. The van der Waals surface area contributed by atoms with E-state index in [0.717, 1.165) is 56.2 Å². The average Bonchev–Trinajstić information content (AvgIpc) is 2.59. The molecule has 0 fully saturated rings. The number of aliphatic carboxylic acids is 1. The van der Waals surface area contributed by atoms with E-state index in [1.165, 1.54) is 6.42 Å². The number of carbonyl (C=O) groups excluding carboxylic acids is 1. The number of aromatic nitrogens is 1. The second kappa shape index (κ2) is 9.72. The van der Waals surface area contributed by atoms with Gasteiger partial charge in [-0.05, 0) is 49.7 Å². The van der Waals surface area contributed by atoms with Crippen molar-refractivity contribution >= 4 is 11.9 Å². The predicted octanol–water partition coefficient (Wildman–Crippen LogP) is 3.15. The van der Waals surface area contributed by atoms with Gasteiger partial charge in [0.15, 0.2) is 0 Å². The van der Waals surface area contributed by atoms with Crippen LogP contribution in [0.5, 0.6) is 0 Å². The standard InChI is InChI=1S/C21H32N2O4/c1-4-5-12-23-17-11-9-7-6-8-10-15(17)13-16(20(23)25)19(24)22-18(14(2)3)21(26)27/h13-14,18H,4-12H2,1-3H3,(H,22,24)(H,26,27). The Kier molecular flexibility index (Phi) is 7.63. The van der Waals surface area contributed by atoms with Gasteiger partial charge in [0, 0.05) is 12.2 Å². The number of amides is 1. The fraction of sp³-hybridized carbons (Fsp3) is 0.667. The van der Waals surface area contributed by atoms with E-state index in [4.69, 9.17) is 0 Å². The average molecular weight is 376 g/mol. The molecule has 150 valence electrons.